The number of unbranched alkanes of at least 4 members (excludes halogenated alkanes) is 7. The van der Waals surface area contributed by atoms with Gasteiger partial charge in [-0.2, -0.15) is 0 Å². The van der Waals surface area contributed by atoms with E-state index in [4.69, 9.17) is 0 Å². The van der Waals surface area contributed by atoms with Crippen LogP contribution in [-0.4, -0.2) is 10.6 Å². The van der Waals surface area contributed by atoms with Crippen molar-refractivity contribution in [2.24, 2.45) is 0 Å². The van der Waals surface area contributed by atoms with E-state index < -0.39 is 0 Å². The average molecular weight is 291 g/mol. The van der Waals surface area contributed by atoms with Crippen LogP contribution in [0.4, 0.5) is 0 Å². The molecule has 0 saturated heterocycles. The number of carbonyl (C=O) groups is 1. The van der Waals surface area contributed by atoms with Crippen molar-refractivity contribution in [2.45, 2.75) is 82.4 Å². The summed E-state index contributed by atoms with van der Waals surface area (Å²) < 4.78 is -0.241. The summed E-state index contributed by atoms with van der Waals surface area (Å²) in [6, 6.07) is 0. The van der Waals surface area contributed by atoms with Gasteiger partial charge in [-0.05, 0) is 12.8 Å². The number of hydrogen-bond donors (Lipinski definition) is 0. The Kier molecular flexibility index (Phi) is 10.4. The monoisotopic (exact) mass is 290 g/mol. The molecule has 0 aliphatic heterocycles. The highest BCUT2D eigenvalue weighted by Crippen LogP contribution is 2.26. The Morgan fingerprint density at radius 3 is 1.88 bits per heavy atom. The third-order valence-electron chi connectivity index (χ3n) is 3.24. The summed E-state index contributed by atoms with van der Waals surface area (Å²) in [5, 5.41) is 0. The molecule has 0 aromatic carbocycles. The molecule has 1 unspecified atom stereocenters. The van der Waals surface area contributed by atoms with Crippen molar-refractivity contribution >= 4 is 22.2 Å². The Labute approximate surface area is 110 Å². The van der Waals surface area contributed by atoms with Crippen LogP contribution in [0.1, 0.15) is 78.1 Å². The van der Waals surface area contributed by atoms with Crippen molar-refractivity contribution in [1.29, 1.82) is 0 Å². The molecule has 96 valence electrons. The molecule has 0 aromatic rings. The molecule has 0 rings (SSSR count). The van der Waals surface area contributed by atoms with E-state index in [0.29, 0.717) is 0 Å². The van der Waals surface area contributed by atoms with Gasteiger partial charge in [-0.1, -0.05) is 81.1 Å². The van der Waals surface area contributed by atoms with Gasteiger partial charge in [0.25, 0.3) is 0 Å². The summed E-state index contributed by atoms with van der Waals surface area (Å²) in [5.74, 6) is 0. The molecule has 0 radical (unpaired) electrons. The smallest absolute Gasteiger partial charge is 0.136 e. The van der Waals surface area contributed by atoms with Crippen molar-refractivity contribution in [3.63, 3.8) is 0 Å². The van der Waals surface area contributed by atoms with Crippen LogP contribution in [0.15, 0.2) is 0 Å². The zero-order valence-electron chi connectivity index (χ0n) is 10.9. The highest BCUT2D eigenvalue weighted by Gasteiger charge is 2.22. The first-order valence-electron chi connectivity index (χ1n) is 6.83. The van der Waals surface area contributed by atoms with Gasteiger partial charge >= 0.3 is 0 Å². The lowest BCUT2D eigenvalue weighted by molar-refractivity contribution is -0.109. The first-order chi connectivity index (χ1) is 7.68. The highest BCUT2D eigenvalue weighted by atomic mass is 79.9. The standard InChI is InChI=1S/C14H27BrO/c1-3-5-6-7-8-9-10-11-12-14(15,4-2)13-16/h13H,3-12H2,1-2H3. The minimum Gasteiger partial charge on any atom is -0.302 e. The second-order valence-electron chi connectivity index (χ2n) is 4.73. The Balaban J connectivity index is 3.29. The fourth-order valence-corrected chi connectivity index (χ4v) is 2.15. The van der Waals surface area contributed by atoms with Crippen molar-refractivity contribution < 1.29 is 4.79 Å². The maximum absolute atomic E-state index is 10.8. The van der Waals surface area contributed by atoms with E-state index in [1.54, 1.807) is 0 Å². The van der Waals surface area contributed by atoms with Crippen LogP contribution in [0, 0.1) is 0 Å². The third-order valence-corrected chi connectivity index (χ3v) is 4.39. The van der Waals surface area contributed by atoms with Crippen LogP contribution in [0.5, 0.6) is 0 Å². The maximum Gasteiger partial charge on any atom is 0.136 e. The van der Waals surface area contributed by atoms with E-state index in [1.165, 1.54) is 51.4 Å². The van der Waals surface area contributed by atoms with Crippen molar-refractivity contribution in [3.8, 4) is 0 Å². The van der Waals surface area contributed by atoms with E-state index in [-0.39, 0.29) is 4.32 Å². The normalized spacial score (nSPS) is 14.7. The highest BCUT2D eigenvalue weighted by molar-refractivity contribution is 9.10. The second-order valence-corrected chi connectivity index (χ2v) is 6.31. The first-order valence-corrected chi connectivity index (χ1v) is 7.63. The van der Waals surface area contributed by atoms with E-state index in [0.717, 1.165) is 19.1 Å². The quantitative estimate of drug-likeness (QED) is 0.288. The number of aldehydes is 1. The molecular formula is C14H27BrO. The van der Waals surface area contributed by atoms with E-state index in [9.17, 15) is 4.79 Å². The molecule has 1 atom stereocenters. The summed E-state index contributed by atoms with van der Waals surface area (Å²) >= 11 is 3.52. The number of alkyl halides is 1. The van der Waals surface area contributed by atoms with Gasteiger partial charge in [-0.15, -0.1) is 0 Å². The lowest BCUT2D eigenvalue weighted by Gasteiger charge is -2.18. The van der Waals surface area contributed by atoms with Crippen LogP contribution in [-0.2, 0) is 4.79 Å². The summed E-state index contributed by atoms with van der Waals surface area (Å²) in [7, 11) is 0. The van der Waals surface area contributed by atoms with Gasteiger partial charge in [-0.3, -0.25) is 0 Å². The molecule has 1 nitrogen and oxygen atoms in total. The molecule has 0 N–H and O–H groups in total. The van der Waals surface area contributed by atoms with Gasteiger partial charge in [0.15, 0.2) is 0 Å². The van der Waals surface area contributed by atoms with E-state index in [2.05, 4.69) is 29.8 Å². The maximum atomic E-state index is 10.8. The van der Waals surface area contributed by atoms with Crippen LogP contribution >= 0.6 is 15.9 Å². The number of halogens is 1. The van der Waals surface area contributed by atoms with Crippen LogP contribution in [0.2, 0.25) is 0 Å². The molecule has 0 amide bonds. The SMILES string of the molecule is CCCCCCCCCCC(Br)(C=O)CC. The number of rotatable bonds is 11. The van der Waals surface area contributed by atoms with Gasteiger partial charge < -0.3 is 4.79 Å². The summed E-state index contributed by atoms with van der Waals surface area (Å²) in [6.07, 6.45) is 13.6. The zero-order chi connectivity index (χ0) is 12.3. The summed E-state index contributed by atoms with van der Waals surface area (Å²) in [5.41, 5.74) is 0. The summed E-state index contributed by atoms with van der Waals surface area (Å²) in [4.78, 5) is 10.8. The Morgan fingerprint density at radius 1 is 0.938 bits per heavy atom. The second kappa shape index (κ2) is 10.3. The topological polar surface area (TPSA) is 17.1 Å². The van der Waals surface area contributed by atoms with Gasteiger partial charge in [0, 0.05) is 0 Å². The zero-order valence-corrected chi connectivity index (χ0v) is 12.5. The molecule has 0 bridgehead atoms. The van der Waals surface area contributed by atoms with Crippen LogP contribution in [0.3, 0.4) is 0 Å². The molecule has 0 heterocycles. The molecule has 0 aliphatic rings. The van der Waals surface area contributed by atoms with Crippen LogP contribution < -0.4 is 0 Å². The molecule has 0 aliphatic carbocycles. The lowest BCUT2D eigenvalue weighted by Crippen LogP contribution is -2.20. The third kappa shape index (κ3) is 8.32. The lowest BCUT2D eigenvalue weighted by atomic mass is 9.99. The molecule has 0 fully saturated rings. The summed E-state index contributed by atoms with van der Waals surface area (Å²) in [6.45, 7) is 4.31. The predicted molar refractivity (Wildman–Crippen MR) is 75.2 cm³/mol. The van der Waals surface area contributed by atoms with Crippen LogP contribution in [0.25, 0.3) is 0 Å². The fourth-order valence-electron chi connectivity index (χ4n) is 1.87. The van der Waals surface area contributed by atoms with Gasteiger partial charge in [0.2, 0.25) is 0 Å². The largest absolute Gasteiger partial charge is 0.302 e. The van der Waals surface area contributed by atoms with Crippen molar-refractivity contribution in [2.75, 3.05) is 0 Å². The average Bonchev–Trinajstić information content (AvgIpc) is 2.32. The molecule has 0 aromatic heterocycles. The van der Waals surface area contributed by atoms with Crippen molar-refractivity contribution in [3.05, 3.63) is 0 Å². The van der Waals surface area contributed by atoms with Gasteiger partial charge in [0.05, 0.1) is 4.32 Å². The Hall–Kier alpha value is 0.150. The van der Waals surface area contributed by atoms with Gasteiger partial charge in [-0.25, -0.2) is 0 Å². The minimum atomic E-state index is -0.241. The molecule has 2 heteroatoms. The Morgan fingerprint density at radius 2 is 1.44 bits per heavy atom. The van der Waals surface area contributed by atoms with E-state index >= 15 is 0 Å². The fraction of sp³-hybridized carbons (Fsp3) is 0.929. The number of carbonyl (C=O) groups excluding carboxylic acids is 1. The van der Waals surface area contributed by atoms with Crippen molar-refractivity contribution in [1.82, 2.24) is 0 Å². The molecule has 0 spiro atoms. The first kappa shape index (κ1) is 16.1. The number of hydrogen-bond acceptors (Lipinski definition) is 1. The predicted octanol–water partition coefficient (Wildman–Crippen LogP) is 5.26. The van der Waals surface area contributed by atoms with Gasteiger partial charge in [0.1, 0.15) is 6.29 Å². The molecule has 0 saturated carbocycles. The molecule has 16 heavy (non-hydrogen) atoms. The Bertz CT molecular complexity index is 170. The molecular weight excluding hydrogens is 264 g/mol. The van der Waals surface area contributed by atoms with E-state index in [1.807, 2.05) is 0 Å². The minimum absolute atomic E-state index is 0.241.